The Bertz CT molecular complexity index is 747. The molecule has 0 atom stereocenters. The number of nitrogens with zero attached hydrogens (tertiary/aromatic N) is 3. The number of aromatic nitrogens is 3. The Morgan fingerprint density at radius 1 is 1.05 bits per heavy atom. The largest absolute Gasteiger partial charge is 0.326 e. The SMILES string of the molecule is NCc1ccc(C(=O)c2cnnn2-c2ccccc2)cc1. The second-order valence-corrected chi connectivity index (χ2v) is 4.60. The molecule has 0 bridgehead atoms. The number of nitrogens with two attached hydrogens (primary N) is 1. The van der Waals surface area contributed by atoms with Gasteiger partial charge in [0.1, 0.15) is 5.69 Å². The van der Waals surface area contributed by atoms with Crippen LogP contribution in [0.1, 0.15) is 21.6 Å². The lowest BCUT2D eigenvalue weighted by atomic mass is 10.1. The Labute approximate surface area is 122 Å². The molecular weight excluding hydrogens is 264 g/mol. The third-order valence-electron chi connectivity index (χ3n) is 3.23. The van der Waals surface area contributed by atoms with Crippen molar-refractivity contribution < 1.29 is 4.79 Å². The van der Waals surface area contributed by atoms with Gasteiger partial charge >= 0.3 is 0 Å². The van der Waals surface area contributed by atoms with Crippen LogP contribution < -0.4 is 5.73 Å². The summed E-state index contributed by atoms with van der Waals surface area (Å²) in [6.07, 6.45) is 1.48. The summed E-state index contributed by atoms with van der Waals surface area (Å²) in [5, 5.41) is 7.84. The molecule has 0 saturated heterocycles. The fourth-order valence-electron chi connectivity index (χ4n) is 2.09. The fraction of sp³-hybridized carbons (Fsp3) is 0.0625. The quantitative estimate of drug-likeness (QED) is 0.740. The van der Waals surface area contributed by atoms with Crippen molar-refractivity contribution in [3.8, 4) is 5.69 Å². The molecule has 0 fully saturated rings. The number of ketones is 1. The zero-order chi connectivity index (χ0) is 14.7. The van der Waals surface area contributed by atoms with Crippen LogP contribution in [0.3, 0.4) is 0 Å². The number of carbonyl (C=O) groups excluding carboxylic acids is 1. The van der Waals surface area contributed by atoms with Crippen molar-refractivity contribution in [1.29, 1.82) is 0 Å². The molecule has 0 radical (unpaired) electrons. The predicted molar refractivity (Wildman–Crippen MR) is 79.1 cm³/mol. The van der Waals surface area contributed by atoms with Gasteiger partial charge in [-0.2, -0.15) is 0 Å². The predicted octanol–water partition coefficient (Wildman–Crippen LogP) is 1.96. The van der Waals surface area contributed by atoms with Crippen LogP contribution in [0.5, 0.6) is 0 Å². The summed E-state index contributed by atoms with van der Waals surface area (Å²) in [6.45, 7) is 0.456. The number of hydrogen-bond acceptors (Lipinski definition) is 4. The van der Waals surface area contributed by atoms with Gasteiger partial charge < -0.3 is 5.73 Å². The molecule has 5 heteroatoms. The van der Waals surface area contributed by atoms with Crippen molar-refractivity contribution in [3.63, 3.8) is 0 Å². The highest BCUT2D eigenvalue weighted by Gasteiger charge is 2.16. The monoisotopic (exact) mass is 278 g/mol. The molecule has 104 valence electrons. The number of carbonyl (C=O) groups is 1. The van der Waals surface area contributed by atoms with E-state index >= 15 is 0 Å². The normalized spacial score (nSPS) is 10.5. The first-order valence-corrected chi connectivity index (χ1v) is 6.59. The van der Waals surface area contributed by atoms with Crippen molar-refractivity contribution >= 4 is 5.78 Å². The molecule has 0 aliphatic heterocycles. The van der Waals surface area contributed by atoms with Gasteiger partial charge in [-0.05, 0) is 17.7 Å². The second kappa shape index (κ2) is 5.68. The zero-order valence-electron chi connectivity index (χ0n) is 11.3. The molecular formula is C16H14N4O. The number of rotatable bonds is 4. The van der Waals surface area contributed by atoms with Crippen molar-refractivity contribution in [1.82, 2.24) is 15.0 Å². The maximum Gasteiger partial charge on any atom is 0.213 e. The zero-order valence-corrected chi connectivity index (χ0v) is 11.3. The molecule has 3 aromatic rings. The first kappa shape index (κ1) is 13.2. The third kappa shape index (κ3) is 2.59. The Morgan fingerprint density at radius 2 is 1.76 bits per heavy atom. The molecule has 1 heterocycles. The minimum absolute atomic E-state index is 0.118. The maximum atomic E-state index is 12.6. The van der Waals surface area contributed by atoms with Crippen LogP contribution in [-0.2, 0) is 6.54 Å². The molecule has 21 heavy (non-hydrogen) atoms. The van der Waals surface area contributed by atoms with E-state index in [0.717, 1.165) is 11.3 Å². The first-order chi connectivity index (χ1) is 10.3. The van der Waals surface area contributed by atoms with E-state index in [-0.39, 0.29) is 5.78 Å². The lowest BCUT2D eigenvalue weighted by Crippen LogP contribution is -2.10. The lowest BCUT2D eigenvalue weighted by molar-refractivity contribution is 0.103. The van der Waals surface area contributed by atoms with E-state index in [2.05, 4.69) is 10.3 Å². The highest BCUT2D eigenvalue weighted by atomic mass is 16.1. The summed E-state index contributed by atoms with van der Waals surface area (Å²) in [5.74, 6) is -0.118. The van der Waals surface area contributed by atoms with Crippen molar-refractivity contribution in [2.75, 3.05) is 0 Å². The van der Waals surface area contributed by atoms with Gasteiger partial charge in [0.05, 0.1) is 11.9 Å². The Hall–Kier alpha value is -2.79. The highest BCUT2D eigenvalue weighted by Crippen LogP contribution is 2.14. The maximum absolute atomic E-state index is 12.6. The number of hydrogen-bond donors (Lipinski definition) is 1. The topological polar surface area (TPSA) is 73.8 Å². The Morgan fingerprint density at radius 3 is 2.43 bits per heavy atom. The summed E-state index contributed by atoms with van der Waals surface area (Å²) in [6, 6.07) is 16.7. The summed E-state index contributed by atoms with van der Waals surface area (Å²) in [7, 11) is 0. The Balaban J connectivity index is 1.97. The van der Waals surface area contributed by atoms with E-state index < -0.39 is 0 Å². The summed E-state index contributed by atoms with van der Waals surface area (Å²) >= 11 is 0. The van der Waals surface area contributed by atoms with Crippen molar-refractivity contribution in [2.45, 2.75) is 6.54 Å². The summed E-state index contributed by atoms with van der Waals surface area (Å²) in [5.41, 5.74) is 8.37. The minimum Gasteiger partial charge on any atom is -0.326 e. The molecule has 2 aromatic carbocycles. The van der Waals surface area contributed by atoms with Crippen LogP contribution in [0, 0.1) is 0 Å². The van der Waals surface area contributed by atoms with Gasteiger partial charge in [-0.3, -0.25) is 4.79 Å². The molecule has 0 amide bonds. The number of para-hydroxylation sites is 1. The van der Waals surface area contributed by atoms with Crippen LogP contribution in [0.25, 0.3) is 5.69 Å². The van der Waals surface area contributed by atoms with E-state index in [1.54, 1.807) is 16.8 Å². The fourth-order valence-corrected chi connectivity index (χ4v) is 2.09. The summed E-state index contributed by atoms with van der Waals surface area (Å²) in [4.78, 5) is 12.6. The average Bonchev–Trinajstić information content (AvgIpc) is 3.04. The molecule has 0 aliphatic rings. The van der Waals surface area contributed by atoms with Crippen molar-refractivity contribution in [2.24, 2.45) is 5.73 Å². The molecule has 2 N–H and O–H groups in total. The Kier molecular flexibility index (Phi) is 3.57. The van der Waals surface area contributed by atoms with Crippen LogP contribution in [0.4, 0.5) is 0 Å². The van der Waals surface area contributed by atoms with E-state index in [1.165, 1.54) is 6.20 Å². The third-order valence-corrected chi connectivity index (χ3v) is 3.23. The molecule has 0 aliphatic carbocycles. The molecule has 5 nitrogen and oxygen atoms in total. The van der Waals surface area contributed by atoms with E-state index in [9.17, 15) is 4.79 Å². The van der Waals surface area contributed by atoms with Crippen LogP contribution >= 0.6 is 0 Å². The van der Waals surface area contributed by atoms with Crippen LogP contribution in [0.2, 0.25) is 0 Å². The minimum atomic E-state index is -0.118. The number of benzene rings is 2. The van der Waals surface area contributed by atoms with Gasteiger partial charge in [-0.25, -0.2) is 4.68 Å². The average molecular weight is 278 g/mol. The van der Waals surface area contributed by atoms with Gasteiger partial charge in [-0.15, -0.1) is 5.10 Å². The van der Waals surface area contributed by atoms with Crippen LogP contribution in [0.15, 0.2) is 60.8 Å². The lowest BCUT2D eigenvalue weighted by Gasteiger charge is -2.05. The first-order valence-electron chi connectivity index (χ1n) is 6.59. The van der Waals surface area contributed by atoms with E-state index in [1.807, 2.05) is 42.5 Å². The molecule has 0 saturated carbocycles. The van der Waals surface area contributed by atoms with Gasteiger partial charge in [0, 0.05) is 12.1 Å². The molecule has 0 spiro atoms. The smallest absolute Gasteiger partial charge is 0.213 e. The standard InChI is InChI=1S/C16H14N4O/c17-10-12-6-8-13(9-7-12)16(21)15-11-18-19-20(15)14-4-2-1-3-5-14/h1-9,11H,10,17H2. The second-order valence-electron chi connectivity index (χ2n) is 4.60. The van der Waals surface area contributed by atoms with Gasteiger partial charge in [0.15, 0.2) is 0 Å². The van der Waals surface area contributed by atoms with Gasteiger partial charge in [0.25, 0.3) is 0 Å². The molecule has 1 aromatic heterocycles. The summed E-state index contributed by atoms with van der Waals surface area (Å²) < 4.78 is 1.54. The van der Waals surface area contributed by atoms with Crippen LogP contribution in [-0.4, -0.2) is 20.8 Å². The molecule has 3 rings (SSSR count). The van der Waals surface area contributed by atoms with E-state index in [0.29, 0.717) is 17.8 Å². The molecule has 0 unspecified atom stereocenters. The van der Waals surface area contributed by atoms with Crippen molar-refractivity contribution in [3.05, 3.63) is 77.6 Å². The van der Waals surface area contributed by atoms with Gasteiger partial charge in [0.2, 0.25) is 5.78 Å². The highest BCUT2D eigenvalue weighted by molar-refractivity contribution is 6.08. The van der Waals surface area contributed by atoms with Gasteiger partial charge in [-0.1, -0.05) is 47.7 Å². The van der Waals surface area contributed by atoms with E-state index in [4.69, 9.17) is 5.73 Å².